The van der Waals surface area contributed by atoms with Crippen LogP contribution in [0.25, 0.3) is 11.4 Å². The van der Waals surface area contributed by atoms with Crippen molar-refractivity contribution in [3.05, 3.63) is 66.1 Å². The summed E-state index contributed by atoms with van der Waals surface area (Å²) in [5, 5.41) is 5.30. The Morgan fingerprint density at radius 3 is 2.37 bits per heavy atom. The summed E-state index contributed by atoms with van der Waals surface area (Å²) < 4.78 is 38.3. The third kappa shape index (κ3) is 5.29. The normalized spacial score (nSPS) is 11.1. The van der Waals surface area contributed by atoms with Crippen molar-refractivity contribution < 1.29 is 17.6 Å². The van der Waals surface area contributed by atoms with Crippen molar-refractivity contribution in [2.24, 2.45) is 0 Å². The number of halogens is 1. The van der Waals surface area contributed by atoms with E-state index in [1.54, 1.807) is 24.3 Å². The molecule has 3 aromatic rings. The van der Waals surface area contributed by atoms with Crippen molar-refractivity contribution in [2.75, 3.05) is 17.6 Å². The second kappa shape index (κ2) is 8.87. The third-order valence-corrected chi connectivity index (χ3v) is 5.71. The molecule has 0 atom stereocenters. The van der Waals surface area contributed by atoms with Crippen LogP contribution in [0.3, 0.4) is 0 Å². The van der Waals surface area contributed by atoms with E-state index in [1.807, 2.05) is 6.92 Å². The molecular formula is C20H20FN5O3S. The molecule has 8 nitrogen and oxygen atoms in total. The molecule has 2 amide bonds. The number of nitrogens with zero attached hydrogens (tertiary/aromatic N) is 2. The van der Waals surface area contributed by atoms with E-state index in [2.05, 4.69) is 20.6 Å². The topological polar surface area (TPSA) is 127 Å². The lowest BCUT2D eigenvalue weighted by Gasteiger charge is -2.09. The molecule has 0 fully saturated rings. The summed E-state index contributed by atoms with van der Waals surface area (Å²) in [7, 11) is -3.74. The predicted octanol–water partition coefficient (Wildman–Crippen LogP) is 2.98. The summed E-state index contributed by atoms with van der Waals surface area (Å²) in [5.41, 5.74) is 7.23. The fourth-order valence-corrected chi connectivity index (χ4v) is 3.93. The Morgan fingerprint density at radius 2 is 1.73 bits per heavy atom. The van der Waals surface area contributed by atoms with Gasteiger partial charge in [0.1, 0.15) is 11.6 Å². The van der Waals surface area contributed by atoms with Crippen LogP contribution >= 0.6 is 0 Å². The van der Waals surface area contributed by atoms with Crippen LogP contribution in [-0.4, -0.2) is 31.0 Å². The third-order valence-electron chi connectivity index (χ3n) is 4.05. The number of hydrogen-bond donors (Lipinski definition) is 3. The van der Waals surface area contributed by atoms with Gasteiger partial charge in [0.25, 0.3) is 0 Å². The maximum atomic E-state index is 13.1. The lowest BCUT2D eigenvalue weighted by atomic mass is 10.2. The number of nitrogens with two attached hydrogens (primary N) is 1. The van der Waals surface area contributed by atoms with Crippen LogP contribution in [-0.2, 0) is 15.6 Å². The van der Waals surface area contributed by atoms with Gasteiger partial charge in [0.2, 0.25) is 0 Å². The van der Waals surface area contributed by atoms with Crippen molar-refractivity contribution in [1.29, 1.82) is 0 Å². The van der Waals surface area contributed by atoms with Crippen molar-refractivity contribution >= 4 is 27.4 Å². The molecule has 0 bridgehead atoms. The van der Waals surface area contributed by atoms with E-state index in [0.717, 1.165) is 12.1 Å². The first kappa shape index (κ1) is 21.2. The van der Waals surface area contributed by atoms with E-state index in [0.29, 0.717) is 17.8 Å². The summed E-state index contributed by atoms with van der Waals surface area (Å²) in [6, 6.07) is 12.4. The van der Waals surface area contributed by atoms with Gasteiger partial charge in [0, 0.05) is 23.9 Å². The summed E-state index contributed by atoms with van der Waals surface area (Å²) in [6.45, 7) is 2.32. The molecule has 2 aromatic carbocycles. The van der Waals surface area contributed by atoms with Crippen molar-refractivity contribution in [3.8, 4) is 11.4 Å². The van der Waals surface area contributed by atoms with E-state index in [4.69, 9.17) is 5.73 Å². The minimum Gasteiger partial charge on any atom is -0.384 e. The highest BCUT2D eigenvalue weighted by atomic mass is 32.2. The number of benzene rings is 2. The average Bonchev–Trinajstić information content (AvgIpc) is 2.68. The number of amides is 2. The number of sulfone groups is 1. The summed E-state index contributed by atoms with van der Waals surface area (Å²) in [5.74, 6) is -0.555. The molecule has 1 heterocycles. The molecule has 0 aliphatic rings. The molecule has 10 heteroatoms. The highest BCUT2D eigenvalue weighted by Gasteiger charge is 2.18. The van der Waals surface area contributed by atoms with Crippen LogP contribution in [0.1, 0.15) is 12.6 Å². The highest BCUT2D eigenvalue weighted by Crippen LogP contribution is 2.22. The van der Waals surface area contributed by atoms with E-state index in [9.17, 15) is 17.6 Å². The number of carbonyl (C=O) groups excluding carboxylic acids is 1. The van der Waals surface area contributed by atoms with Gasteiger partial charge in [-0.15, -0.1) is 0 Å². The molecule has 0 saturated heterocycles. The predicted molar refractivity (Wildman–Crippen MR) is 112 cm³/mol. The number of urea groups is 1. The van der Waals surface area contributed by atoms with Gasteiger partial charge in [-0.2, -0.15) is 0 Å². The smallest absolute Gasteiger partial charge is 0.319 e. The first-order valence-corrected chi connectivity index (χ1v) is 10.7. The fraction of sp³-hybridized carbons (Fsp3) is 0.150. The van der Waals surface area contributed by atoms with Crippen LogP contribution in [0.2, 0.25) is 0 Å². The Balaban J connectivity index is 1.83. The quantitative estimate of drug-likeness (QED) is 0.517. The molecule has 3 rings (SSSR count). The molecule has 30 heavy (non-hydrogen) atoms. The van der Waals surface area contributed by atoms with Crippen LogP contribution in [0.5, 0.6) is 0 Å². The molecule has 156 valence electrons. The van der Waals surface area contributed by atoms with Crippen LogP contribution < -0.4 is 16.4 Å². The van der Waals surface area contributed by atoms with Gasteiger partial charge in [0.05, 0.1) is 16.3 Å². The number of anilines is 2. The van der Waals surface area contributed by atoms with Gasteiger partial charge in [0.15, 0.2) is 15.7 Å². The molecule has 0 aliphatic carbocycles. The molecule has 0 aliphatic heterocycles. The number of hydrogen-bond acceptors (Lipinski definition) is 6. The molecule has 0 saturated carbocycles. The van der Waals surface area contributed by atoms with Gasteiger partial charge >= 0.3 is 6.03 Å². The molecule has 0 unspecified atom stereocenters. The zero-order valence-corrected chi connectivity index (χ0v) is 16.9. The Bertz CT molecular complexity index is 1150. The largest absolute Gasteiger partial charge is 0.384 e. The number of rotatable bonds is 6. The van der Waals surface area contributed by atoms with E-state index < -0.39 is 21.4 Å². The fourth-order valence-electron chi connectivity index (χ4n) is 2.68. The summed E-state index contributed by atoms with van der Waals surface area (Å²) >= 11 is 0. The second-order valence-corrected chi connectivity index (χ2v) is 8.37. The maximum absolute atomic E-state index is 13.1. The van der Waals surface area contributed by atoms with Crippen molar-refractivity contribution in [1.82, 2.24) is 15.3 Å². The molecule has 0 spiro atoms. The first-order valence-electron chi connectivity index (χ1n) is 9.04. The van der Waals surface area contributed by atoms with Crippen LogP contribution in [0.15, 0.2) is 59.5 Å². The number of carbonyl (C=O) groups is 1. The van der Waals surface area contributed by atoms with Gasteiger partial charge < -0.3 is 16.4 Å². The lowest BCUT2D eigenvalue weighted by Crippen LogP contribution is -2.28. The van der Waals surface area contributed by atoms with Gasteiger partial charge in [-0.25, -0.2) is 27.6 Å². The average molecular weight is 429 g/mol. The monoisotopic (exact) mass is 429 g/mol. The molecular weight excluding hydrogens is 409 g/mol. The Morgan fingerprint density at radius 1 is 1.07 bits per heavy atom. The molecule has 0 radical (unpaired) electrons. The summed E-state index contributed by atoms with van der Waals surface area (Å²) in [4.78, 5) is 20.0. The van der Waals surface area contributed by atoms with Crippen molar-refractivity contribution in [2.45, 2.75) is 17.6 Å². The standard InChI is InChI=1S/C20H20FN5O3S/c1-2-23-20(27)25-15-7-3-13(4-8-15)19-24-16(11-18(22)26-19)12-30(28,29)17-9-5-14(21)6-10-17/h3-11H,2,12H2,1H3,(H2,22,24,26)(H2,23,25,27). The second-order valence-electron chi connectivity index (χ2n) is 6.38. The lowest BCUT2D eigenvalue weighted by molar-refractivity contribution is 0.252. The maximum Gasteiger partial charge on any atom is 0.319 e. The number of aromatic nitrogens is 2. The first-order chi connectivity index (χ1) is 14.3. The Labute approximate surface area is 173 Å². The van der Waals surface area contributed by atoms with E-state index >= 15 is 0 Å². The number of nitrogen functional groups attached to an aromatic ring is 1. The van der Waals surface area contributed by atoms with Gasteiger partial charge in [-0.3, -0.25) is 0 Å². The molecule has 4 N–H and O–H groups in total. The zero-order valence-electron chi connectivity index (χ0n) is 16.1. The Kier molecular flexibility index (Phi) is 6.26. The SMILES string of the molecule is CCNC(=O)Nc1ccc(-c2nc(N)cc(CS(=O)(=O)c3ccc(F)cc3)n2)cc1. The van der Waals surface area contributed by atoms with Crippen LogP contribution in [0.4, 0.5) is 20.7 Å². The minimum atomic E-state index is -3.74. The summed E-state index contributed by atoms with van der Waals surface area (Å²) in [6.07, 6.45) is 0. The highest BCUT2D eigenvalue weighted by molar-refractivity contribution is 7.90. The van der Waals surface area contributed by atoms with Crippen LogP contribution in [0, 0.1) is 5.82 Å². The van der Waals surface area contributed by atoms with Gasteiger partial charge in [-0.1, -0.05) is 0 Å². The number of nitrogens with one attached hydrogen (secondary N) is 2. The molecule has 1 aromatic heterocycles. The van der Waals surface area contributed by atoms with E-state index in [1.165, 1.54) is 18.2 Å². The van der Waals surface area contributed by atoms with Crippen molar-refractivity contribution in [3.63, 3.8) is 0 Å². The zero-order chi connectivity index (χ0) is 21.7. The Hall–Kier alpha value is -3.53. The van der Waals surface area contributed by atoms with E-state index in [-0.39, 0.29) is 28.3 Å². The van der Waals surface area contributed by atoms with Gasteiger partial charge in [-0.05, 0) is 55.5 Å². The minimum absolute atomic E-state index is 0.0107.